The lowest BCUT2D eigenvalue weighted by Crippen LogP contribution is -2.55. The SMILES string of the molecule is C=N/N=C\N(N)C1=CC(C(=O)N2CCC3(CC2)NC2=CC=CCC=C2n2cccc23)=CCC=C1. The number of carbonyl (C=O) groups is 1. The van der Waals surface area contributed by atoms with Crippen LogP contribution in [-0.2, 0) is 10.3 Å². The summed E-state index contributed by atoms with van der Waals surface area (Å²) in [5, 5.41) is 12.3. The van der Waals surface area contributed by atoms with E-state index in [1.54, 1.807) is 6.08 Å². The molecule has 5 rings (SSSR count). The van der Waals surface area contributed by atoms with Gasteiger partial charge < -0.3 is 14.8 Å². The van der Waals surface area contributed by atoms with E-state index in [1.807, 2.05) is 23.1 Å². The summed E-state index contributed by atoms with van der Waals surface area (Å²) in [4.78, 5) is 15.4. The topological polar surface area (TPSA) is 91.2 Å². The molecule has 1 aromatic rings. The van der Waals surface area contributed by atoms with E-state index in [9.17, 15) is 4.79 Å². The molecule has 0 unspecified atom stereocenters. The average Bonchev–Trinajstić information content (AvgIpc) is 3.07. The molecule has 4 aliphatic rings. The Hall–Kier alpha value is -3.91. The molecule has 2 aliphatic carbocycles. The summed E-state index contributed by atoms with van der Waals surface area (Å²) in [6, 6.07) is 4.31. The van der Waals surface area contributed by atoms with Crippen LogP contribution in [0, 0.1) is 0 Å². The smallest absolute Gasteiger partial charge is 0.253 e. The summed E-state index contributed by atoms with van der Waals surface area (Å²) in [6.07, 6.45) is 23.0. The highest BCUT2D eigenvalue weighted by Gasteiger charge is 2.43. The number of hydrogen-bond acceptors (Lipinski definition) is 5. The minimum Gasteiger partial charge on any atom is -0.372 e. The first-order valence-electron chi connectivity index (χ1n) is 11.6. The van der Waals surface area contributed by atoms with Crippen LogP contribution in [0.1, 0.15) is 31.4 Å². The van der Waals surface area contributed by atoms with Crippen molar-refractivity contribution in [3.63, 3.8) is 0 Å². The molecule has 0 aromatic carbocycles. The van der Waals surface area contributed by atoms with Crippen molar-refractivity contribution in [3.05, 3.63) is 89.6 Å². The van der Waals surface area contributed by atoms with Crippen molar-refractivity contribution < 1.29 is 4.79 Å². The average molecular weight is 456 g/mol. The van der Waals surface area contributed by atoms with E-state index in [1.165, 1.54) is 22.7 Å². The molecule has 0 saturated carbocycles. The van der Waals surface area contributed by atoms with Crippen LogP contribution < -0.4 is 11.2 Å². The zero-order chi connectivity index (χ0) is 23.5. The predicted molar refractivity (Wildman–Crippen MR) is 135 cm³/mol. The third-order valence-corrected chi connectivity index (χ3v) is 6.77. The van der Waals surface area contributed by atoms with Gasteiger partial charge in [0, 0.05) is 37.3 Å². The number of hydrazine groups is 1. The highest BCUT2D eigenvalue weighted by Crippen LogP contribution is 2.41. The standard InChI is InChI=1S/C26H29N7O/c1-28-29-19-33(27)21-9-6-5-8-20(18-21)25(34)31-16-13-26(14-17-31)24-12-7-15-32(24)23-11-4-2-3-10-22(23)30-26/h2-3,6-12,15,18-19,30H,1,4-5,13-14,16-17,27H2/b29-19-. The quantitative estimate of drug-likeness (QED) is 0.316. The number of carbonyl (C=O) groups excluding carboxylic acids is 1. The van der Waals surface area contributed by atoms with E-state index >= 15 is 0 Å². The van der Waals surface area contributed by atoms with Crippen molar-refractivity contribution in [2.45, 2.75) is 31.2 Å². The molecule has 1 saturated heterocycles. The van der Waals surface area contributed by atoms with Gasteiger partial charge in [0.15, 0.2) is 0 Å². The van der Waals surface area contributed by atoms with Crippen LogP contribution in [0.2, 0.25) is 0 Å². The van der Waals surface area contributed by atoms with Crippen molar-refractivity contribution in [2.24, 2.45) is 16.0 Å². The number of amides is 1. The number of nitrogens with two attached hydrogens (primary N) is 1. The molecule has 8 nitrogen and oxygen atoms in total. The molecule has 2 aliphatic heterocycles. The minimum absolute atomic E-state index is 0.0200. The van der Waals surface area contributed by atoms with Gasteiger partial charge in [0.25, 0.3) is 5.91 Å². The maximum atomic E-state index is 13.4. The van der Waals surface area contributed by atoms with Crippen LogP contribution in [-0.4, -0.2) is 46.5 Å². The van der Waals surface area contributed by atoms with E-state index in [0.29, 0.717) is 30.8 Å². The van der Waals surface area contributed by atoms with E-state index in [2.05, 4.69) is 69.4 Å². The summed E-state index contributed by atoms with van der Waals surface area (Å²) in [7, 11) is 0. The molecule has 1 spiro atoms. The number of fused-ring (bicyclic) bond motifs is 4. The Labute approximate surface area is 199 Å². The van der Waals surface area contributed by atoms with E-state index in [4.69, 9.17) is 5.84 Å². The monoisotopic (exact) mass is 455 g/mol. The largest absolute Gasteiger partial charge is 0.372 e. The summed E-state index contributed by atoms with van der Waals surface area (Å²) in [5.41, 5.74) is 4.71. The fourth-order valence-electron chi connectivity index (χ4n) is 5.03. The molecule has 1 fully saturated rings. The van der Waals surface area contributed by atoms with Crippen molar-refractivity contribution in [1.29, 1.82) is 0 Å². The molecule has 34 heavy (non-hydrogen) atoms. The van der Waals surface area contributed by atoms with Crippen LogP contribution >= 0.6 is 0 Å². The minimum atomic E-state index is -0.190. The number of piperidine rings is 1. The number of nitrogens with one attached hydrogen (secondary N) is 1. The normalized spacial score (nSPS) is 20.8. The molecule has 174 valence electrons. The summed E-state index contributed by atoms with van der Waals surface area (Å²) >= 11 is 0. The van der Waals surface area contributed by atoms with Gasteiger partial charge in [-0.1, -0.05) is 30.4 Å². The van der Waals surface area contributed by atoms with Crippen LogP contribution in [0.5, 0.6) is 0 Å². The fourth-order valence-corrected chi connectivity index (χ4v) is 5.03. The summed E-state index contributed by atoms with van der Waals surface area (Å²) in [6.45, 7) is 4.65. The van der Waals surface area contributed by atoms with Gasteiger partial charge in [-0.25, -0.2) is 5.84 Å². The Morgan fingerprint density at radius 2 is 2.06 bits per heavy atom. The Morgan fingerprint density at radius 3 is 2.88 bits per heavy atom. The van der Waals surface area contributed by atoms with Gasteiger partial charge in [-0.3, -0.25) is 9.80 Å². The predicted octanol–water partition coefficient (Wildman–Crippen LogP) is 3.18. The van der Waals surface area contributed by atoms with Crippen LogP contribution in [0.15, 0.2) is 94.1 Å². The molecule has 3 heterocycles. The Balaban J connectivity index is 1.34. The highest BCUT2D eigenvalue weighted by atomic mass is 16.2. The Morgan fingerprint density at radius 1 is 1.24 bits per heavy atom. The summed E-state index contributed by atoms with van der Waals surface area (Å²) in [5.74, 6) is 6.06. The zero-order valence-electron chi connectivity index (χ0n) is 19.1. The molecule has 3 N–H and O–H groups in total. The molecule has 0 radical (unpaired) electrons. The number of aromatic nitrogens is 1. The Bertz CT molecular complexity index is 1200. The third-order valence-electron chi connectivity index (χ3n) is 6.77. The fraction of sp³-hybridized carbons (Fsp3) is 0.269. The molecule has 8 heteroatoms. The van der Waals surface area contributed by atoms with Gasteiger partial charge in [-0.15, -0.1) is 5.10 Å². The van der Waals surface area contributed by atoms with Crippen molar-refractivity contribution >= 4 is 24.7 Å². The van der Waals surface area contributed by atoms with Crippen LogP contribution in [0.25, 0.3) is 5.70 Å². The lowest BCUT2D eigenvalue weighted by Gasteiger charge is -2.47. The second kappa shape index (κ2) is 9.15. The lowest BCUT2D eigenvalue weighted by atomic mass is 9.82. The molecular weight excluding hydrogens is 426 g/mol. The van der Waals surface area contributed by atoms with Gasteiger partial charge in [0.2, 0.25) is 0 Å². The van der Waals surface area contributed by atoms with Crippen molar-refractivity contribution in [1.82, 2.24) is 19.8 Å². The number of nitrogens with zero attached hydrogens (tertiary/aromatic N) is 5. The van der Waals surface area contributed by atoms with Crippen molar-refractivity contribution in [3.8, 4) is 0 Å². The van der Waals surface area contributed by atoms with Gasteiger partial charge in [-0.2, -0.15) is 5.10 Å². The molecule has 0 atom stereocenters. The van der Waals surface area contributed by atoms with Gasteiger partial charge in [0.1, 0.15) is 6.34 Å². The second-order valence-electron chi connectivity index (χ2n) is 8.74. The molecule has 1 amide bonds. The molecule has 0 bridgehead atoms. The first-order valence-corrected chi connectivity index (χ1v) is 11.6. The lowest BCUT2D eigenvalue weighted by molar-refractivity contribution is -0.128. The zero-order valence-corrected chi connectivity index (χ0v) is 19.1. The third kappa shape index (κ3) is 3.97. The van der Waals surface area contributed by atoms with Gasteiger partial charge in [-0.05, 0) is 56.0 Å². The first-order chi connectivity index (χ1) is 16.6. The Kier molecular flexibility index (Phi) is 5.90. The summed E-state index contributed by atoms with van der Waals surface area (Å²) < 4.78 is 2.30. The van der Waals surface area contributed by atoms with Gasteiger partial charge >= 0.3 is 0 Å². The maximum Gasteiger partial charge on any atom is 0.253 e. The van der Waals surface area contributed by atoms with Crippen LogP contribution in [0.3, 0.4) is 0 Å². The first kappa shape index (κ1) is 21.9. The molecular formula is C26H29N7O. The van der Waals surface area contributed by atoms with E-state index < -0.39 is 0 Å². The number of hydrogen-bond donors (Lipinski definition) is 2. The van der Waals surface area contributed by atoms with Gasteiger partial charge in [0.05, 0.1) is 22.6 Å². The van der Waals surface area contributed by atoms with Crippen LogP contribution in [0.4, 0.5) is 0 Å². The number of rotatable bonds is 4. The second-order valence-corrected chi connectivity index (χ2v) is 8.74. The maximum absolute atomic E-state index is 13.4. The number of allylic oxidation sites excluding steroid dienone is 8. The number of likely N-dealkylation sites (tertiary alicyclic amines) is 1. The molecule has 1 aromatic heterocycles. The van der Waals surface area contributed by atoms with Crippen molar-refractivity contribution in [2.75, 3.05) is 13.1 Å². The van der Waals surface area contributed by atoms with E-state index in [0.717, 1.165) is 25.0 Å². The van der Waals surface area contributed by atoms with E-state index in [-0.39, 0.29) is 11.4 Å². The highest BCUT2D eigenvalue weighted by molar-refractivity contribution is 5.96.